The van der Waals surface area contributed by atoms with Gasteiger partial charge >= 0.3 is 0 Å². The fourth-order valence-electron chi connectivity index (χ4n) is 3.63. The van der Waals surface area contributed by atoms with Crippen LogP contribution < -0.4 is 5.32 Å². The van der Waals surface area contributed by atoms with Crippen LogP contribution >= 0.6 is 0 Å². The molecule has 0 aliphatic rings. The number of fused-ring (bicyclic) bond motifs is 3. The van der Waals surface area contributed by atoms with E-state index in [-0.39, 0.29) is 0 Å². The number of benzene rings is 4. The lowest BCUT2D eigenvalue weighted by Crippen LogP contribution is -1.93. The topological polar surface area (TPSA) is 27.8 Å². The molecule has 0 bridgehead atoms. The predicted molar refractivity (Wildman–Crippen MR) is 111 cm³/mol. The van der Waals surface area contributed by atoms with Crippen molar-refractivity contribution in [2.75, 3.05) is 5.32 Å². The average Bonchev–Trinajstić information content (AvgIpc) is 3.08. The third kappa shape index (κ3) is 2.44. The highest BCUT2D eigenvalue weighted by molar-refractivity contribution is 6.15. The third-order valence-corrected chi connectivity index (χ3v) is 4.80. The highest BCUT2D eigenvalue weighted by Gasteiger charge is 2.12. The van der Waals surface area contributed by atoms with Gasteiger partial charge in [0.25, 0.3) is 0 Å². The van der Waals surface area contributed by atoms with Crippen molar-refractivity contribution in [2.45, 2.75) is 0 Å². The van der Waals surface area contributed by atoms with Gasteiger partial charge in [-0.05, 0) is 35.9 Å². The highest BCUT2D eigenvalue weighted by Crippen LogP contribution is 2.38. The standard InChI is InChI=1S/C24H18N2/c1-2-9-17(10-3-1)25-21-14-6-4-11-18(21)19-13-8-16-23-24(19)20-12-5-7-15-22(20)26-23/h1-16,25-26H. The predicted octanol–water partition coefficient (Wildman–Crippen LogP) is 6.73. The molecule has 0 fully saturated rings. The van der Waals surface area contributed by atoms with Crippen LogP contribution in [0.15, 0.2) is 97.1 Å². The van der Waals surface area contributed by atoms with Crippen LogP contribution in [0.2, 0.25) is 0 Å². The Hall–Kier alpha value is -3.52. The molecule has 0 saturated heterocycles. The molecular formula is C24H18N2. The van der Waals surface area contributed by atoms with Gasteiger partial charge in [-0.1, -0.05) is 66.7 Å². The molecule has 2 N–H and O–H groups in total. The highest BCUT2D eigenvalue weighted by atomic mass is 14.9. The van der Waals surface area contributed by atoms with Crippen molar-refractivity contribution >= 4 is 33.2 Å². The monoisotopic (exact) mass is 334 g/mol. The van der Waals surface area contributed by atoms with Crippen molar-refractivity contribution in [1.29, 1.82) is 0 Å². The molecule has 2 heteroatoms. The van der Waals surface area contributed by atoms with Crippen LogP contribution in [-0.2, 0) is 0 Å². The molecule has 0 radical (unpaired) electrons. The lowest BCUT2D eigenvalue weighted by atomic mass is 9.98. The Morgan fingerprint density at radius 2 is 1.23 bits per heavy atom. The molecule has 1 aromatic heterocycles. The molecule has 0 saturated carbocycles. The molecule has 124 valence electrons. The molecule has 0 amide bonds. The van der Waals surface area contributed by atoms with E-state index >= 15 is 0 Å². The second kappa shape index (κ2) is 6.08. The number of hydrogen-bond acceptors (Lipinski definition) is 1. The van der Waals surface area contributed by atoms with E-state index in [1.54, 1.807) is 0 Å². The first kappa shape index (κ1) is 14.8. The summed E-state index contributed by atoms with van der Waals surface area (Å²) in [7, 11) is 0. The van der Waals surface area contributed by atoms with Crippen molar-refractivity contribution in [2.24, 2.45) is 0 Å². The van der Waals surface area contributed by atoms with Crippen LogP contribution in [0.4, 0.5) is 11.4 Å². The van der Waals surface area contributed by atoms with Crippen LogP contribution in [0, 0.1) is 0 Å². The fraction of sp³-hybridized carbons (Fsp3) is 0. The van der Waals surface area contributed by atoms with Crippen molar-refractivity contribution in [1.82, 2.24) is 4.98 Å². The lowest BCUT2D eigenvalue weighted by molar-refractivity contribution is 1.53. The van der Waals surface area contributed by atoms with Crippen LogP contribution in [0.3, 0.4) is 0 Å². The molecule has 1 heterocycles. The summed E-state index contributed by atoms with van der Waals surface area (Å²) in [6.45, 7) is 0. The van der Waals surface area contributed by atoms with Crippen molar-refractivity contribution < 1.29 is 0 Å². The molecule has 0 spiro atoms. The second-order valence-electron chi connectivity index (χ2n) is 6.44. The van der Waals surface area contributed by atoms with Crippen LogP contribution in [0.5, 0.6) is 0 Å². The van der Waals surface area contributed by atoms with Gasteiger partial charge < -0.3 is 10.3 Å². The summed E-state index contributed by atoms with van der Waals surface area (Å²) in [5.74, 6) is 0. The normalized spacial score (nSPS) is 11.1. The van der Waals surface area contributed by atoms with E-state index < -0.39 is 0 Å². The number of nitrogens with one attached hydrogen (secondary N) is 2. The lowest BCUT2D eigenvalue weighted by Gasteiger charge is -2.13. The Kier molecular flexibility index (Phi) is 3.46. The Morgan fingerprint density at radius 3 is 2.15 bits per heavy atom. The number of anilines is 2. The third-order valence-electron chi connectivity index (χ3n) is 4.80. The Labute approximate surface area is 152 Å². The van der Waals surface area contributed by atoms with Gasteiger partial charge in [-0.15, -0.1) is 0 Å². The van der Waals surface area contributed by atoms with Crippen molar-refractivity contribution in [3.05, 3.63) is 97.1 Å². The number of aromatic nitrogens is 1. The first-order chi connectivity index (χ1) is 12.9. The Balaban J connectivity index is 1.74. The van der Waals surface area contributed by atoms with Gasteiger partial charge in [0, 0.05) is 38.7 Å². The number of para-hydroxylation sites is 3. The van der Waals surface area contributed by atoms with Gasteiger partial charge in [0.15, 0.2) is 0 Å². The summed E-state index contributed by atoms with van der Waals surface area (Å²) in [5.41, 5.74) is 6.97. The SMILES string of the molecule is c1ccc(Nc2ccccc2-c2cccc3[nH]c4ccccc4c23)cc1. The van der Waals surface area contributed by atoms with E-state index in [0.29, 0.717) is 0 Å². The quantitative estimate of drug-likeness (QED) is 0.376. The van der Waals surface area contributed by atoms with Gasteiger partial charge in [0.1, 0.15) is 0 Å². The molecule has 0 aliphatic carbocycles. The summed E-state index contributed by atoms with van der Waals surface area (Å²) in [4.78, 5) is 3.54. The Morgan fingerprint density at radius 1 is 0.538 bits per heavy atom. The van der Waals surface area contributed by atoms with Crippen molar-refractivity contribution in [3.63, 3.8) is 0 Å². The Bertz CT molecular complexity index is 1200. The number of aromatic amines is 1. The molecule has 4 aromatic carbocycles. The number of hydrogen-bond donors (Lipinski definition) is 2. The van der Waals surface area contributed by atoms with Crippen LogP contribution in [-0.4, -0.2) is 4.98 Å². The van der Waals surface area contributed by atoms with E-state index in [1.807, 2.05) is 18.2 Å². The van der Waals surface area contributed by atoms with Gasteiger partial charge in [-0.3, -0.25) is 0 Å². The summed E-state index contributed by atoms with van der Waals surface area (Å²) in [6, 6.07) is 33.7. The largest absolute Gasteiger partial charge is 0.355 e. The summed E-state index contributed by atoms with van der Waals surface area (Å²) in [6.07, 6.45) is 0. The summed E-state index contributed by atoms with van der Waals surface area (Å²) >= 11 is 0. The number of rotatable bonds is 3. The molecule has 0 aliphatic heterocycles. The average molecular weight is 334 g/mol. The summed E-state index contributed by atoms with van der Waals surface area (Å²) in [5, 5.41) is 6.09. The second-order valence-corrected chi connectivity index (χ2v) is 6.44. The molecule has 26 heavy (non-hydrogen) atoms. The minimum Gasteiger partial charge on any atom is -0.355 e. The molecule has 2 nitrogen and oxygen atoms in total. The molecule has 5 aromatic rings. The number of H-pyrrole nitrogens is 1. The van der Waals surface area contributed by atoms with Crippen LogP contribution in [0.1, 0.15) is 0 Å². The smallest absolute Gasteiger partial charge is 0.0471 e. The van der Waals surface area contributed by atoms with Gasteiger partial charge in [0.2, 0.25) is 0 Å². The van der Waals surface area contributed by atoms with E-state index in [9.17, 15) is 0 Å². The van der Waals surface area contributed by atoms with Gasteiger partial charge in [-0.25, -0.2) is 0 Å². The summed E-state index contributed by atoms with van der Waals surface area (Å²) < 4.78 is 0. The minimum absolute atomic E-state index is 1.09. The fourth-order valence-corrected chi connectivity index (χ4v) is 3.63. The maximum Gasteiger partial charge on any atom is 0.0471 e. The first-order valence-corrected chi connectivity index (χ1v) is 8.81. The van der Waals surface area contributed by atoms with Gasteiger partial charge in [-0.2, -0.15) is 0 Å². The first-order valence-electron chi connectivity index (χ1n) is 8.81. The molecule has 5 rings (SSSR count). The molecule has 0 unspecified atom stereocenters. The van der Waals surface area contributed by atoms with E-state index in [0.717, 1.165) is 11.4 Å². The zero-order chi connectivity index (χ0) is 17.3. The van der Waals surface area contributed by atoms with E-state index in [4.69, 9.17) is 0 Å². The maximum absolute atomic E-state index is 3.57. The van der Waals surface area contributed by atoms with Crippen molar-refractivity contribution in [3.8, 4) is 11.1 Å². The van der Waals surface area contributed by atoms with Gasteiger partial charge in [0.05, 0.1) is 0 Å². The zero-order valence-corrected chi connectivity index (χ0v) is 14.2. The maximum atomic E-state index is 3.57. The molecular weight excluding hydrogens is 316 g/mol. The zero-order valence-electron chi connectivity index (χ0n) is 14.2. The molecule has 0 atom stereocenters. The minimum atomic E-state index is 1.09. The van der Waals surface area contributed by atoms with E-state index in [1.165, 1.54) is 32.9 Å². The van der Waals surface area contributed by atoms with Crippen LogP contribution in [0.25, 0.3) is 32.9 Å². The van der Waals surface area contributed by atoms with E-state index in [2.05, 4.69) is 89.2 Å².